The Morgan fingerprint density at radius 3 is 0.662 bits per heavy atom. The summed E-state index contributed by atoms with van der Waals surface area (Å²) in [5.74, 6) is 0.674. The quantitative estimate of drug-likeness (QED) is 0.0355. The number of hydrogen-bond acceptors (Lipinski definition) is 14. The minimum atomic E-state index is -1.31. The Hall–Kier alpha value is -3.74. The van der Waals surface area contributed by atoms with Crippen LogP contribution in [0, 0.1) is 0 Å². The van der Waals surface area contributed by atoms with Crippen LogP contribution in [-0.2, 0) is 31.2 Å². The number of ether oxygens (including phenoxy) is 4. The summed E-state index contributed by atoms with van der Waals surface area (Å²) in [5.41, 5.74) is 28.5. The van der Waals surface area contributed by atoms with Crippen molar-refractivity contribution in [2.45, 2.75) is 176 Å². The minimum Gasteiger partial charge on any atom is -0.491 e. The summed E-state index contributed by atoms with van der Waals surface area (Å²) in [7, 11) is 0. The van der Waals surface area contributed by atoms with Gasteiger partial charge in [-0.1, -0.05) is 130 Å². The van der Waals surface area contributed by atoms with E-state index in [2.05, 4.69) is 132 Å². The van der Waals surface area contributed by atoms with E-state index >= 15 is 0 Å². The first kappa shape index (κ1) is 59.8. The van der Waals surface area contributed by atoms with Gasteiger partial charge in [-0.2, -0.15) is 0 Å². The maximum absolute atomic E-state index is 9.43. The highest BCUT2D eigenvalue weighted by Crippen LogP contribution is 2.56. The van der Waals surface area contributed by atoms with E-state index in [0.717, 1.165) is 87.8 Å². The van der Waals surface area contributed by atoms with Crippen molar-refractivity contribution in [2.24, 2.45) is 22.9 Å². The molecule has 4 aromatic carbocycles. The molecule has 0 aliphatic carbocycles. The zero-order chi connectivity index (χ0) is 52.9. The Morgan fingerprint density at radius 1 is 0.380 bits per heavy atom. The van der Waals surface area contributed by atoms with E-state index in [-0.39, 0.29) is 21.7 Å². The van der Waals surface area contributed by atoms with Crippen LogP contribution in [0.3, 0.4) is 0 Å². The van der Waals surface area contributed by atoms with Gasteiger partial charge in [0, 0.05) is 0 Å². The van der Waals surface area contributed by atoms with Gasteiger partial charge < -0.3 is 52.1 Å². The van der Waals surface area contributed by atoms with Crippen molar-refractivity contribution in [3.05, 3.63) is 70.8 Å². The van der Waals surface area contributed by atoms with Crippen molar-refractivity contribution in [3.8, 4) is 23.0 Å². The summed E-state index contributed by atoms with van der Waals surface area (Å²) in [6.07, 6.45) is 2.09. The average Bonchev–Trinajstić information content (AvgIpc) is 3.24. The minimum absolute atomic E-state index is 0.168. The van der Waals surface area contributed by atoms with Crippen LogP contribution in [0.2, 0.25) is 0 Å². The lowest BCUT2D eigenvalue weighted by molar-refractivity contribution is -0.147. The molecule has 0 saturated carbocycles. The van der Waals surface area contributed by atoms with Gasteiger partial charge in [-0.05, 0) is 144 Å². The molecule has 0 radical (unpaired) electrons. The van der Waals surface area contributed by atoms with E-state index in [9.17, 15) is 9.59 Å². The monoisotopic (exact) mass is 1050 g/mol. The van der Waals surface area contributed by atoms with Gasteiger partial charge in [-0.25, -0.2) is 0 Å². The Bertz CT molecular complexity index is 2020. The van der Waals surface area contributed by atoms with Crippen molar-refractivity contribution in [2.75, 3.05) is 52.6 Å². The summed E-state index contributed by atoms with van der Waals surface area (Å²) in [6, 6.07) is 18.5. The third kappa shape index (κ3) is 17.7. The molecule has 4 aromatic rings. The zero-order valence-electron chi connectivity index (χ0n) is 44.1. The lowest BCUT2D eigenvalue weighted by atomic mass is 9.87. The first-order valence-electron chi connectivity index (χ1n) is 24.4. The van der Waals surface area contributed by atoms with Crippen LogP contribution < -0.4 is 41.9 Å². The highest BCUT2D eigenvalue weighted by Gasteiger charge is 2.30. The Kier molecular flexibility index (Phi) is 22.3. The van der Waals surface area contributed by atoms with E-state index in [1.807, 2.05) is 0 Å². The van der Waals surface area contributed by atoms with Crippen LogP contribution >= 0.6 is 47.0 Å². The standard InChI is InChI=1S/C52H76N4O4S4.C3H4O4/c1-49(2,3)33-25-37-45(57-21-13-17-53)38(26-33)62-40-28-35(51(7,8)9)30-42(47(40)59-23-15-19-55)64-44-32-36(52(10,11)12)31-43(48(44)60-24-16-20-56)63-41-29-34(50(4,5)6)27-39(61-37)46(41)58-22-14-18-54;4-2(5)1-3(6)7/h25-32H,13-24,53-56H2,1-12H3;1H2,(H,4,5)(H,6,7). The molecule has 5 rings (SSSR count). The van der Waals surface area contributed by atoms with Gasteiger partial charge in [-0.3, -0.25) is 9.59 Å². The van der Waals surface area contributed by atoms with Gasteiger partial charge in [0.2, 0.25) is 0 Å². The Labute approximate surface area is 440 Å². The molecule has 0 atom stereocenters. The van der Waals surface area contributed by atoms with Gasteiger partial charge in [0.1, 0.15) is 29.4 Å². The van der Waals surface area contributed by atoms with Crippen LogP contribution in [0.25, 0.3) is 0 Å². The molecule has 16 heteroatoms. The van der Waals surface area contributed by atoms with Crippen LogP contribution in [0.1, 0.15) is 137 Å². The van der Waals surface area contributed by atoms with Crippen molar-refractivity contribution in [3.63, 3.8) is 0 Å². The summed E-state index contributed by atoms with van der Waals surface area (Å²) in [4.78, 5) is 27.0. The second-order valence-electron chi connectivity index (χ2n) is 21.5. The number of carboxylic acid groups (broad SMARTS) is 2. The fourth-order valence-corrected chi connectivity index (χ4v) is 11.6. The first-order valence-corrected chi connectivity index (χ1v) is 27.7. The fraction of sp³-hybridized carbons (Fsp3) is 0.527. The van der Waals surface area contributed by atoms with E-state index in [0.29, 0.717) is 52.6 Å². The van der Waals surface area contributed by atoms with Crippen molar-refractivity contribution < 1.29 is 38.7 Å². The SMILES string of the molecule is CC(C)(C)c1cc2c(OCCCN)c(c1)Sc1cc(C(C)(C)C)cc(c1OCCCN)Sc1cc(C(C)(C)C)cc(c1OCCCN)Sc1cc(C(C)(C)C)cc(c1OCCCN)S2.O=C(O)CC(=O)O. The molecule has 1 aliphatic heterocycles. The number of aliphatic carboxylic acids is 2. The highest BCUT2D eigenvalue weighted by atomic mass is 32.2. The lowest BCUT2D eigenvalue weighted by Crippen LogP contribution is -2.14. The zero-order valence-corrected chi connectivity index (χ0v) is 47.4. The van der Waals surface area contributed by atoms with Crippen LogP contribution in [-0.4, -0.2) is 74.8 Å². The van der Waals surface area contributed by atoms with Gasteiger partial charge in [-0.15, -0.1) is 0 Å². The maximum atomic E-state index is 9.43. The number of carboxylic acids is 2. The van der Waals surface area contributed by atoms with Crippen LogP contribution in [0.5, 0.6) is 23.0 Å². The van der Waals surface area contributed by atoms with E-state index in [1.165, 1.54) is 22.3 Å². The molecule has 12 nitrogen and oxygen atoms in total. The lowest BCUT2D eigenvalue weighted by Gasteiger charge is -2.28. The molecule has 1 aliphatic rings. The van der Waals surface area contributed by atoms with E-state index < -0.39 is 18.4 Å². The molecule has 71 heavy (non-hydrogen) atoms. The number of hydrogen-bond donors (Lipinski definition) is 6. The molecular weight excluding hydrogens is 973 g/mol. The Balaban J connectivity index is 0.00000145. The predicted octanol–water partition coefficient (Wildman–Crippen LogP) is 12.3. The maximum Gasteiger partial charge on any atom is 0.314 e. The second-order valence-corrected chi connectivity index (χ2v) is 25.9. The molecule has 392 valence electrons. The molecule has 0 spiro atoms. The van der Waals surface area contributed by atoms with Crippen molar-refractivity contribution in [1.82, 2.24) is 0 Å². The smallest absolute Gasteiger partial charge is 0.314 e. The summed E-state index contributed by atoms with van der Waals surface area (Å²) in [5, 5.41) is 15.4. The normalized spacial score (nSPS) is 13.0. The van der Waals surface area contributed by atoms with Gasteiger partial charge >= 0.3 is 11.9 Å². The molecule has 10 N–H and O–H groups in total. The third-order valence-electron chi connectivity index (χ3n) is 11.1. The second kappa shape index (κ2) is 26.5. The summed E-state index contributed by atoms with van der Waals surface area (Å²) in [6.45, 7) is 31.3. The van der Waals surface area contributed by atoms with Gasteiger partial charge in [0.25, 0.3) is 0 Å². The topological polar surface area (TPSA) is 216 Å². The fourth-order valence-electron chi connectivity index (χ4n) is 6.85. The number of benzene rings is 4. The number of fused-ring (bicyclic) bond motifs is 8. The molecule has 0 aromatic heterocycles. The van der Waals surface area contributed by atoms with Crippen molar-refractivity contribution >= 4 is 59.0 Å². The number of carbonyl (C=O) groups is 2. The summed E-state index contributed by atoms with van der Waals surface area (Å²) >= 11 is 6.82. The van der Waals surface area contributed by atoms with E-state index in [4.69, 9.17) is 52.1 Å². The molecule has 0 fully saturated rings. The van der Waals surface area contributed by atoms with Gasteiger partial charge in [0.15, 0.2) is 0 Å². The largest absolute Gasteiger partial charge is 0.491 e. The predicted molar refractivity (Wildman–Crippen MR) is 294 cm³/mol. The number of nitrogens with two attached hydrogens (primary N) is 4. The highest BCUT2D eigenvalue weighted by molar-refractivity contribution is 8.01. The van der Waals surface area contributed by atoms with Crippen LogP contribution in [0.15, 0.2) is 87.7 Å². The van der Waals surface area contributed by atoms with Crippen molar-refractivity contribution in [1.29, 1.82) is 0 Å². The molecule has 0 amide bonds. The molecule has 1 heterocycles. The van der Waals surface area contributed by atoms with E-state index in [1.54, 1.807) is 47.0 Å². The Morgan fingerprint density at radius 2 is 0.549 bits per heavy atom. The molecule has 8 bridgehead atoms. The third-order valence-corrected chi connectivity index (χ3v) is 15.3. The molecule has 0 saturated heterocycles. The molecular formula is C55H80N4O8S4. The first-order chi connectivity index (χ1) is 33.2. The average molecular weight is 1050 g/mol. The van der Waals surface area contributed by atoms with Crippen LogP contribution in [0.4, 0.5) is 0 Å². The number of rotatable bonds is 18. The summed E-state index contributed by atoms with van der Waals surface area (Å²) < 4.78 is 27.6. The molecule has 0 unspecified atom stereocenters. The van der Waals surface area contributed by atoms with Gasteiger partial charge in [0.05, 0.1) is 65.6 Å².